The summed E-state index contributed by atoms with van der Waals surface area (Å²) in [5, 5.41) is 0. The fourth-order valence-corrected chi connectivity index (χ4v) is 1.85. The van der Waals surface area contributed by atoms with Crippen LogP contribution in [0.25, 0.3) is 0 Å². The first-order valence-corrected chi connectivity index (χ1v) is 6.19. The quantitative estimate of drug-likeness (QED) is 0.620. The highest BCUT2D eigenvalue weighted by Gasteiger charge is 2.07. The van der Waals surface area contributed by atoms with Crippen molar-refractivity contribution >= 4 is 11.5 Å². The van der Waals surface area contributed by atoms with Gasteiger partial charge in [0.05, 0.1) is 0 Å². The molecule has 0 aliphatic heterocycles. The fraction of sp³-hybridized carbons (Fsp3) is 0.188. The van der Waals surface area contributed by atoms with Crippen LogP contribution in [0.1, 0.15) is 28.4 Å². The second-order valence-corrected chi connectivity index (χ2v) is 4.38. The van der Waals surface area contributed by atoms with Crippen LogP contribution in [0.4, 0.5) is 0 Å². The summed E-state index contributed by atoms with van der Waals surface area (Å²) in [7, 11) is 0. The van der Waals surface area contributed by atoms with Crippen LogP contribution in [-0.4, -0.2) is 23.0 Å². The number of ketones is 1. The molecule has 2 rings (SSSR count). The average Bonchev–Trinajstić information content (AvgIpc) is 2.46. The van der Waals surface area contributed by atoms with Gasteiger partial charge in [-0.25, -0.2) is 0 Å². The molecule has 1 aromatic carbocycles. The lowest BCUT2D eigenvalue weighted by atomic mass is 10.1. The number of hydrogen-bond acceptors (Lipinski definition) is 3. The Bertz CT molecular complexity index is 603. The number of aryl methyl sites for hydroxylation is 1. The molecule has 96 valence electrons. The van der Waals surface area contributed by atoms with Crippen molar-refractivity contribution < 1.29 is 4.79 Å². The molecule has 0 bridgehead atoms. The van der Waals surface area contributed by atoms with Crippen molar-refractivity contribution in [3.05, 3.63) is 65.5 Å². The fourth-order valence-electron chi connectivity index (χ4n) is 1.85. The highest BCUT2D eigenvalue weighted by atomic mass is 16.1. The Kier molecular flexibility index (Phi) is 4.18. The predicted octanol–water partition coefficient (Wildman–Crippen LogP) is 3.08. The summed E-state index contributed by atoms with van der Waals surface area (Å²) in [6, 6.07) is 11.4. The molecule has 2 aromatic rings. The van der Waals surface area contributed by atoms with E-state index in [1.807, 2.05) is 50.2 Å². The van der Waals surface area contributed by atoms with Crippen LogP contribution in [-0.2, 0) is 0 Å². The van der Waals surface area contributed by atoms with Gasteiger partial charge in [0.15, 0.2) is 5.78 Å². The summed E-state index contributed by atoms with van der Waals surface area (Å²) in [5.41, 5.74) is 3.58. The molecule has 0 radical (unpaired) electrons. The van der Waals surface area contributed by atoms with Crippen LogP contribution >= 0.6 is 0 Å². The minimum Gasteiger partial charge on any atom is -0.292 e. The Morgan fingerprint density at radius 2 is 1.84 bits per heavy atom. The van der Waals surface area contributed by atoms with Gasteiger partial charge < -0.3 is 0 Å². The second kappa shape index (κ2) is 6.05. The Labute approximate surface area is 113 Å². The molecule has 0 unspecified atom stereocenters. The molecule has 1 aromatic heterocycles. The lowest BCUT2D eigenvalue weighted by molar-refractivity contribution is 0.100. The average molecular weight is 252 g/mol. The first-order valence-electron chi connectivity index (χ1n) is 6.19. The number of hydrogen-bond donors (Lipinski definition) is 0. The molecule has 0 saturated carbocycles. The van der Waals surface area contributed by atoms with Crippen molar-refractivity contribution in [2.45, 2.75) is 13.8 Å². The molecule has 0 aliphatic rings. The molecule has 0 saturated heterocycles. The van der Waals surface area contributed by atoms with Gasteiger partial charge in [0.25, 0.3) is 0 Å². The topological polar surface area (TPSA) is 42.3 Å². The van der Waals surface area contributed by atoms with Crippen molar-refractivity contribution in [2.24, 2.45) is 4.99 Å². The SMILES string of the molecule is CC(=NCC(=O)c1ccccc1C)c1ccncc1. The standard InChI is InChI=1S/C16H16N2O/c1-12-5-3-4-6-15(12)16(19)11-18-13(2)14-7-9-17-10-8-14/h3-10H,11H2,1-2H3. The van der Waals surface area contributed by atoms with Gasteiger partial charge >= 0.3 is 0 Å². The van der Waals surface area contributed by atoms with E-state index in [1.165, 1.54) is 0 Å². The zero-order valence-electron chi connectivity index (χ0n) is 11.1. The number of carbonyl (C=O) groups is 1. The number of aromatic nitrogens is 1. The molecule has 0 spiro atoms. The van der Waals surface area contributed by atoms with Gasteiger partial charge in [0.2, 0.25) is 0 Å². The predicted molar refractivity (Wildman–Crippen MR) is 76.8 cm³/mol. The minimum atomic E-state index is 0.0477. The minimum absolute atomic E-state index is 0.0477. The molecule has 0 aliphatic carbocycles. The molecule has 0 N–H and O–H groups in total. The Balaban J connectivity index is 2.11. The third-order valence-electron chi connectivity index (χ3n) is 3.00. The maximum Gasteiger partial charge on any atom is 0.184 e. The Morgan fingerprint density at radius 3 is 2.53 bits per heavy atom. The van der Waals surface area contributed by atoms with Gasteiger partial charge in [-0.15, -0.1) is 0 Å². The van der Waals surface area contributed by atoms with Gasteiger partial charge in [-0.05, 0) is 37.1 Å². The highest BCUT2D eigenvalue weighted by Crippen LogP contribution is 2.08. The van der Waals surface area contributed by atoms with Crippen LogP contribution in [0, 0.1) is 6.92 Å². The number of aliphatic imine (C=N–C) groups is 1. The smallest absolute Gasteiger partial charge is 0.184 e. The number of carbonyl (C=O) groups excluding carboxylic acids is 1. The molecular weight excluding hydrogens is 236 g/mol. The number of benzene rings is 1. The molecular formula is C16H16N2O. The van der Waals surface area contributed by atoms with Crippen molar-refractivity contribution in [3.63, 3.8) is 0 Å². The van der Waals surface area contributed by atoms with E-state index in [0.29, 0.717) is 0 Å². The maximum atomic E-state index is 12.1. The molecule has 0 amide bonds. The zero-order chi connectivity index (χ0) is 13.7. The summed E-state index contributed by atoms with van der Waals surface area (Å²) in [4.78, 5) is 20.4. The first kappa shape index (κ1) is 13.1. The molecule has 3 heteroatoms. The molecule has 0 fully saturated rings. The number of rotatable bonds is 4. The molecule has 0 atom stereocenters. The summed E-state index contributed by atoms with van der Waals surface area (Å²) in [6.45, 7) is 4.02. The van der Waals surface area contributed by atoms with E-state index >= 15 is 0 Å². The third kappa shape index (κ3) is 3.35. The summed E-state index contributed by atoms with van der Waals surface area (Å²) < 4.78 is 0. The van der Waals surface area contributed by atoms with Gasteiger partial charge in [-0.2, -0.15) is 0 Å². The highest BCUT2D eigenvalue weighted by molar-refractivity contribution is 6.03. The van der Waals surface area contributed by atoms with Crippen molar-refractivity contribution in [1.82, 2.24) is 4.98 Å². The summed E-state index contributed by atoms with van der Waals surface area (Å²) in [5.74, 6) is 0.0477. The van der Waals surface area contributed by atoms with Crippen molar-refractivity contribution in [1.29, 1.82) is 0 Å². The Morgan fingerprint density at radius 1 is 1.16 bits per heavy atom. The van der Waals surface area contributed by atoms with Gasteiger partial charge in [0.1, 0.15) is 6.54 Å². The van der Waals surface area contributed by atoms with Crippen LogP contribution in [0.2, 0.25) is 0 Å². The Hall–Kier alpha value is -2.29. The van der Waals surface area contributed by atoms with E-state index in [-0.39, 0.29) is 12.3 Å². The van der Waals surface area contributed by atoms with Crippen molar-refractivity contribution in [3.8, 4) is 0 Å². The van der Waals surface area contributed by atoms with Gasteiger partial charge in [-0.3, -0.25) is 14.8 Å². The van der Waals surface area contributed by atoms with E-state index in [1.54, 1.807) is 12.4 Å². The largest absolute Gasteiger partial charge is 0.292 e. The second-order valence-electron chi connectivity index (χ2n) is 4.38. The number of Topliss-reactive ketones (excluding diaryl/α,β-unsaturated/α-hetero) is 1. The van der Waals surface area contributed by atoms with E-state index < -0.39 is 0 Å². The van der Waals surface area contributed by atoms with Gasteiger partial charge in [-0.1, -0.05) is 24.3 Å². The van der Waals surface area contributed by atoms with E-state index in [4.69, 9.17) is 0 Å². The number of nitrogens with zero attached hydrogens (tertiary/aromatic N) is 2. The maximum absolute atomic E-state index is 12.1. The summed E-state index contributed by atoms with van der Waals surface area (Å²) >= 11 is 0. The molecule has 19 heavy (non-hydrogen) atoms. The lowest BCUT2D eigenvalue weighted by Gasteiger charge is -2.03. The van der Waals surface area contributed by atoms with E-state index in [0.717, 1.165) is 22.4 Å². The van der Waals surface area contributed by atoms with Crippen LogP contribution in [0.15, 0.2) is 53.8 Å². The third-order valence-corrected chi connectivity index (χ3v) is 3.00. The van der Waals surface area contributed by atoms with Crippen LogP contribution in [0.3, 0.4) is 0 Å². The van der Waals surface area contributed by atoms with E-state index in [2.05, 4.69) is 9.98 Å². The monoisotopic (exact) mass is 252 g/mol. The van der Waals surface area contributed by atoms with Crippen LogP contribution in [0.5, 0.6) is 0 Å². The van der Waals surface area contributed by atoms with Crippen LogP contribution < -0.4 is 0 Å². The molecule has 1 heterocycles. The first-order chi connectivity index (χ1) is 9.18. The summed E-state index contributed by atoms with van der Waals surface area (Å²) in [6.07, 6.45) is 3.44. The lowest BCUT2D eigenvalue weighted by Crippen LogP contribution is -2.07. The van der Waals surface area contributed by atoms with Crippen molar-refractivity contribution in [2.75, 3.05) is 6.54 Å². The van der Waals surface area contributed by atoms with E-state index in [9.17, 15) is 4.79 Å². The number of pyridine rings is 1. The zero-order valence-corrected chi connectivity index (χ0v) is 11.1. The molecule has 3 nitrogen and oxygen atoms in total. The normalized spacial score (nSPS) is 11.4. The van der Waals surface area contributed by atoms with Gasteiger partial charge in [0, 0.05) is 23.7 Å².